The SMILES string of the molecule is CS(=O)(=O)CC(=N/O)/C(CS(C)(=O)=O)=N\O. The van der Waals surface area contributed by atoms with Gasteiger partial charge in [-0.15, -0.1) is 0 Å². The van der Waals surface area contributed by atoms with Crippen molar-refractivity contribution in [3.8, 4) is 0 Å². The zero-order valence-electron chi connectivity index (χ0n) is 8.65. The molecule has 8 nitrogen and oxygen atoms in total. The molecule has 0 unspecified atom stereocenters. The molecule has 0 aliphatic heterocycles. The van der Waals surface area contributed by atoms with Crippen molar-refractivity contribution in [3.05, 3.63) is 0 Å². The van der Waals surface area contributed by atoms with Gasteiger partial charge >= 0.3 is 0 Å². The van der Waals surface area contributed by atoms with E-state index in [4.69, 9.17) is 10.4 Å². The fraction of sp³-hybridized carbons (Fsp3) is 0.667. The summed E-state index contributed by atoms with van der Waals surface area (Å²) >= 11 is 0. The highest BCUT2D eigenvalue weighted by Gasteiger charge is 2.20. The van der Waals surface area contributed by atoms with Crippen molar-refractivity contribution >= 4 is 31.1 Å². The van der Waals surface area contributed by atoms with Gasteiger partial charge in [0.2, 0.25) is 0 Å². The Kier molecular flexibility index (Phi) is 4.87. The Balaban J connectivity index is 5.12. The van der Waals surface area contributed by atoms with E-state index in [2.05, 4.69) is 10.3 Å². The second-order valence-electron chi connectivity index (χ2n) is 3.23. The van der Waals surface area contributed by atoms with Gasteiger partial charge in [-0.1, -0.05) is 10.3 Å². The van der Waals surface area contributed by atoms with Gasteiger partial charge in [0.25, 0.3) is 0 Å². The molecule has 0 heterocycles. The molecule has 0 aromatic rings. The van der Waals surface area contributed by atoms with Crippen LogP contribution in [0, 0.1) is 0 Å². The summed E-state index contributed by atoms with van der Waals surface area (Å²) in [6, 6.07) is 0. The molecule has 0 aliphatic rings. The minimum atomic E-state index is -3.52. The lowest BCUT2D eigenvalue weighted by Crippen LogP contribution is -2.29. The molecule has 0 fully saturated rings. The molecule has 2 N–H and O–H groups in total. The molecule has 16 heavy (non-hydrogen) atoms. The van der Waals surface area contributed by atoms with Crippen molar-refractivity contribution in [1.82, 2.24) is 0 Å². The van der Waals surface area contributed by atoms with E-state index >= 15 is 0 Å². The first-order chi connectivity index (χ1) is 7.09. The first-order valence-electron chi connectivity index (χ1n) is 3.86. The number of sulfone groups is 2. The first-order valence-corrected chi connectivity index (χ1v) is 7.99. The molecule has 0 saturated heterocycles. The van der Waals surface area contributed by atoms with E-state index in [9.17, 15) is 16.8 Å². The molecule has 0 saturated carbocycles. The molecule has 0 bridgehead atoms. The second-order valence-corrected chi connectivity index (χ2v) is 7.51. The van der Waals surface area contributed by atoms with E-state index < -0.39 is 42.6 Å². The Bertz CT molecular complexity index is 453. The van der Waals surface area contributed by atoms with Crippen molar-refractivity contribution in [3.63, 3.8) is 0 Å². The van der Waals surface area contributed by atoms with Crippen LogP contribution in [0.5, 0.6) is 0 Å². The lowest BCUT2D eigenvalue weighted by Gasteiger charge is -2.04. The maximum absolute atomic E-state index is 10.9. The summed E-state index contributed by atoms with van der Waals surface area (Å²) in [5, 5.41) is 22.3. The van der Waals surface area contributed by atoms with Crippen molar-refractivity contribution in [2.75, 3.05) is 24.0 Å². The molecule has 0 aromatic carbocycles. The fourth-order valence-electron chi connectivity index (χ4n) is 0.836. The standard InChI is InChI=1S/C6H12N2O6S2/c1-15(11,12)3-5(7-9)6(8-10)4-16(2,13)14/h9-10H,3-4H2,1-2H3/b7-5-,8-6-. The molecule has 94 valence electrons. The van der Waals surface area contributed by atoms with E-state index in [1.165, 1.54) is 0 Å². The van der Waals surface area contributed by atoms with Gasteiger partial charge in [0, 0.05) is 12.5 Å². The van der Waals surface area contributed by atoms with Crippen LogP contribution in [0.1, 0.15) is 0 Å². The Morgan fingerprint density at radius 2 is 1.12 bits per heavy atom. The van der Waals surface area contributed by atoms with Gasteiger partial charge in [-0.25, -0.2) is 16.8 Å². The third-order valence-corrected chi connectivity index (χ3v) is 2.97. The van der Waals surface area contributed by atoms with Crippen LogP contribution in [0.4, 0.5) is 0 Å². The first kappa shape index (κ1) is 14.8. The number of nitrogens with zero attached hydrogens (tertiary/aromatic N) is 2. The van der Waals surface area contributed by atoms with E-state index in [0.717, 1.165) is 12.5 Å². The maximum atomic E-state index is 10.9. The molecule has 0 amide bonds. The van der Waals surface area contributed by atoms with E-state index in [0.29, 0.717) is 0 Å². The number of hydrogen-bond acceptors (Lipinski definition) is 8. The third-order valence-electron chi connectivity index (χ3n) is 1.37. The van der Waals surface area contributed by atoms with E-state index in [-0.39, 0.29) is 0 Å². The van der Waals surface area contributed by atoms with Crippen LogP contribution in [-0.2, 0) is 19.7 Å². The predicted octanol–water partition coefficient (Wildman–Crippen LogP) is -1.26. The summed E-state index contributed by atoms with van der Waals surface area (Å²) in [5.74, 6) is -1.42. The molecule has 0 aromatic heterocycles. The Morgan fingerprint density at radius 1 is 0.875 bits per heavy atom. The van der Waals surface area contributed by atoms with Crippen LogP contribution in [0.2, 0.25) is 0 Å². The van der Waals surface area contributed by atoms with Crippen molar-refractivity contribution in [2.24, 2.45) is 10.3 Å². The molecule has 0 atom stereocenters. The summed E-state index contributed by atoms with van der Waals surface area (Å²) in [7, 11) is -7.05. The molecule has 0 radical (unpaired) electrons. The fourth-order valence-corrected chi connectivity index (χ4v) is 2.28. The molecule has 10 heteroatoms. The lowest BCUT2D eigenvalue weighted by molar-refractivity contribution is 0.314. The predicted molar refractivity (Wildman–Crippen MR) is 57.9 cm³/mol. The normalized spacial score (nSPS) is 15.1. The Hall–Kier alpha value is -1.16. The quantitative estimate of drug-likeness (QED) is 0.364. The molecular weight excluding hydrogens is 260 g/mol. The van der Waals surface area contributed by atoms with E-state index in [1.54, 1.807) is 0 Å². The van der Waals surface area contributed by atoms with Crippen LogP contribution in [0.15, 0.2) is 10.3 Å². The van der Waals surface area contributed by atoms with Crippen molar-refractivity contribution in [1.29, 1.82) is 0 Å². The largest absolute Gasteiger partial charge is 0.411 e. The van der Waals surface area contributed by atoms with Crippen LogP contribution in [0.3, 0.4) is 0 Å². The van der Waals surface area contributed by atoms with Crippen LogP contribution in [0.25, 0.3) is 0 Å². The van der Waals surface area contributed by atoms with E-state index in [1.807, 2.05) is 0 Å². The summed E-state index contributed by atoms with van der Waals surface area (Å²) in [4.78, 5) is 0. The zero-order valence-corrected chi connectivity index (χ0v) is 10.3. The summed E-state index contributed by atoms with van der Waals surface area (Å²) in [6.07, 6.45) is 1.74. The number of oxime groups is 2. The Labute approximate surface area is 93.1 Å². The van der Waals surface area contributed by atoms with Gasteiger partial charge in [0.15, 0.2) is 19.7 Å². The number of rotatable bonds is 5. The topological polar surface area (TPSA) is 133 Å². The highest BCUT2D eigenvalue weighted by atomic mass is 32.2. The van der Waals surface area contributed by atoms with Gasteiger partial charge in [-0.3, -0.25) is 0 Å². The maximum Gasteiger partial charge on any atom is 0.153 e. The van der Waals surface area contributed by atoms with Crippen LogP contribution >= 0.6 is 0 Å². The van der Waals surface area contributed by atoms with Gasteiger partial charge in [-0.2, -0.15) is 0 Å². The molecular formula is C6H12N2O6S2. The summed E-state index contributed by atoms with van der Waals surface area (Å²) in [5.41, 5.74) is -1.01. The smallest absolute Gasteiger partial charge is 0.153 e. The minimum Gasteiger partial charge on any atom is -0.411 e. The van der Waals surface area contributed by atoms with Crippen molar-refractivity contribution < 1.29 is 27.3 Å². The molecule has 0 aliphatic carbocycles. The monoisotopic (exact) mass is 272 g/mol. The average molecular weight is 272 g/mol. The lowest BCUT2D eigenvalue weighted by atomic mass is 10.3. The van der Waals surface area contributed by atoms with Crippen LogP contribution in [-0.4, -0.2) is 62.7 Å². The average Bonchev–Trinajstić information content (AvgIpc) is 2.07. The summed E-state index contributed by atoms with van der Waals surface area (Å²) in [6.45, 7) is 0. The second kappa shape index (κ2) is 5.25. The molecule has 0 spiro atoms. The molecule has 0 rings (SSSR count). The van der Waals surface area contributed by atoms with Gasteiger partial charge in [-0.05, 0) is 0 Å². The zero-order chi connectivity index (χ0) is 13.0. The van der Waals surface area contributed by atoms with Gasteiger partial charge in [0.1, 0.15) is 11.4 Å². The van der Waals surface area contributed by atoms with Gasteiger partial charge in [0.05, 0.1) is 11.5 Å². The Morgan fingerprint density at radius 3 is 1.25 bits per heavy atom. The van der Waals surface area contributed by atoms with Gasteiger partial charge < -0.3 is 10.4 Å². The highest BCUT2D eigenvalue weighted by molar-refractivity contribution is 7.92. The van der Waals surface area contributed by atoms with Crippen LogP contribution < -0.4 is 0 Å². The summed E-state index contributed by atoms with van der Waals surface area (Å²) < 4.78 is 43.6. The third kappa shape index (κ3) is 6.35. The minimum absolute atomic E-state index is 0.504. The number of hydrogen-bond donors (Lipinski definition) is 2. The highest BCUT2D eigenvalue weighted by Crippen LogP contribution is 1.95. The van der Waals surface area contributed by atoms with Crippen molar-refractivity contribution in [2.45, 2.75) is 0 Å².